The number of nitro benzene ring substituents is 1. The van der Waals surface area contributed by atoms with Crippen molar-refractivity contribution < 1.29 is 9.72 Å². The Morgan fingerprint density at radius 2 is 2.22 bits per heavy atom. The molecule has 0 radical (unpaired) electrons. The van der Waals surface area contributed by atoms with Crippen molar-refractivity contribution in [3.8, 4) is 5.69 Å². The van der Waals surface area contributed by atoms with Gasteiger partial charge in [-0.05, 0) is 37.8 Å². The Morgan fingerprint density at radius 1 is 1.48 bits per heavy atom. The van der Waals surface area contributed by atoms with Gasteiger partial charge in [-0.15, -0.1) is 0 Å². The largest absolute Gasteiger partial charge is 0.339 e. The predicted octanol–water partition coefficient (Wildman–Crippen LogP) is 2.05. The number of rotatable bonds is 5. The number of benzene rings is 1. The van der Waals surface area contributed by atoms with Gasteiger partial charge in [0, 0.05) is 24.7 Å². The summed E-state index contributed by atoms with van der Waals surface area (Å²) in [4.78, 5) is 28.8. The lowest BCUT2D eigenvalue weighted by Crippen LogP contribution is -2.36. The van der Waals surface area contributed by atoms with E-state index in [0.717, 1.165) is 12.8 Å². The van der Waals surface area contributed by atoms with Crippen molar-refractivity contribution in [3.05, 3.63) is 46.5 Å². The first-order chi connectivity index (χ1) is 11.0. The number of amides is 1. The third kappa shape index (κ3) is 2.92. The molecule has 1 unspecified atom stereocenters. The van der Waals surface area contributed by atoms with Crippen LogP contribution in [0.25, 0.3) is 5.69 Å². The number of carbonyl (C=O) groups excluding carboxylic acids is 1. The van der Waals surface area contributed by atoms with E-state index in [1.807, 2.05) is 6.92 Å². The van der Waals surface area contributed by atoms with Crippen molar-refractivity contribution in [1.82, 2.24) is 19.7 Å². The summed E-state index contributed by atoms with van der Waals surface area (Å²) in [5, 5.41) is 15.2. The highest BCUT2D eigenvalue weighted by molar-refractivity contribution is 5.95. The fourth-order valence-electron chi connectivity index (χ4n) is 2.61. The zero-order chi connectivity index (χ0) is 16.6. The van der Waals surface area contributed by atoms with Crippen LogP contribution in [0.3, 0.4) is 0 Å². The SMILES string of the molecule is CC(C1CC1)N(C)C(=O)c1ccc(-n2cncn2)c([N+](=O)[O-])c1. The molecule has 8 heteroatoms. The first-order valence-corrected chi connectivity index (χ1v) is 7.39. The monoisotopic (exact) mass is 315 g/mol. The lowest BCUT2D eigenvalue weighted by Gasteiger charge is -2.25. The van der Waals surface area contributed by atoms with E-state index in [-0.39, 0.29) is 23.3 Å². The number of carbonyl (C=O) groups is 1. The molecule has 1 aliphatic carbocycles. The molecule has 1 aromatic carbocycles. The van der Waals surface area contributed by atoms with Gasteiger partial charge in [0.25, 0.3) is 11.6 Å². The maximum atomic E-state index is 12.6. The molecule has 0 saturated heterocycles. The molecule has 1 aromatic heterocycles. The van der Waals surface area contributed by atoms with Gasteiger partial charge in [-0.3, -0.25) is 14.9 Å². The molecule has 0 aliphatic heterocycles. The molecule has 1 fully saturated rings. The Labute approximate surface area is 132 Å². The highest BCUT2D eigenvalue weighted by atomic mass is 16.6. The van der Waals surface area contributed by atoms with Gasteiger partial charge in [0.15, 0.2) is 0 Å². The fraction of sp³-hybridized carbons (Fsp3) is 0.400. The van der Waals surface area contributed by atoms with E-state index >= 15 is 0 Å². The van der Waals surface area contributed by atoms with Crippen LogP contribution in [-0.4, -0.2) is 43.6 Å². The molecule has 1 amide bonds. The Kier molecular flexibility index (Phi) is 3.81. The van der Waals surface area contributed by atoms with Crippen LogP contribution in [0.1, 0.15) is 30.1 Å². The maximum absolute atomic E-state index is 12.6. The predicted molar refractivity (Wildman–Crippen MR) is 82.3 cm³/mol. The van der Waals surface area contributed by atoms with Gasteiger partial charge in [0.2, 0.25) is 0 Å². The van der Waals surface area contributed by atoms with E-state index in [2.05, 4.69) is 10.1 Å². The third-order valence-electron chi connectivity index (χ3n) is 4.32. The molecule has 0 spiro atoms. The normalized spacial score (nSPS) is 15.2. The summed E-state index contributed by atoms with van der Waals surface area (Å²) in [7, 11) is 1.74. The topological polar surface area (TPSA) is 94.2 Å². The highest BCUT2D eigenvalue weighted by Gasteiger charge is 2.33. The maximum Gasteiger partial charge on any atom is 0.295 e. The summed E-state index contributed by atoms with van der Waals surface area (Å²) in [6.45, 7) is 2.01. The molecule has 1 aliphatic rings. The summed E-state index contributed by atoms with van der Waals surface area (Å²) >= 11 is 0. The minimum absolute atomic E-state index is 0.136. The van der Waals surface area contributed by atoms with Gasteiger partial charge < -0.3 is 4.90 Å². The van der Waals surface area contributed by atoms with E-state index in [1.165, 1.54) is 29.5 Å². The van der Waals surface area contributed by atoms with Crippen LogP contribution in [0, 0.1) is 16.0 Å². The van der Waals surface area contributed by atoms with E-state index in [1.54, 1.807) is 18.0 Å². The van der Waals surface area contributed by atoms with E-state index < -0.39 is 4.92 Å². The molecule has 2 aromatic rings. The third-order valence-corrected chi connectivity index (χ3v) is 4.32. The number of nitro groups is 1. The van der Waals surface area contributed by atoms with Crippen molar-refractivity contribution >= 4 is 11.6 Å². The Bertz CT molecular complexity index is 740. The molecule has 1 heterocycles. The summed E-state index contributed by atoms with van der Waals surface area (Å²) in [6, 6.07) is 4.55. The summed E-state index contributed by atoms with van der Waals surface area (Å²) in [6.07, 6.45) is 4.94. The van der Waals surface area contributed by atoms with Crippen molar-refractivity contribution in [2.45, 2.75) is 25.8 Å². The average molecular weight is 315 g/mol. The van der Waals surface area contributed by atoms with Crippen molar-refractivity contribution in [2.75, 3.05) is 7.05 Å². The number of nitrogens with zero attached hydrogens (tertiary/aromatic N) is 5. The number of aromatic nitrogens is 3. The number of hydrogen-bond donors (Lipinski definition) is 0. The molecule has 23 heavy (non-hydrogen) atoms. The first kappa shape index (κ1) is 15.1. The van der Waals surface area contributed by atoms with Crippen molar-refractivity contribution in [1.29, 1.82) is 0 Å². The van der Waals surface area contributed by atoms with Gasteiger partial charge >= 0.3 is 0 Å². The standard InChI is InChI=1S/C15H17N5O3/c1-10(11-3-4-11)18(2)15(21)12-5-6-13(14(7-12)20(22)23)19-9-16-8-17-19/h5-11H,3-4H2,1-2H3. The van der Waals surface area contributed by atoms with Gasteiger partial charge in [-0.1, -0.05) is 0 Å². The first-order valence-electron chi connectivity index (χ1n) is 7.39. The zero-order valence-corrected chi connectivity index (χ0v) is 12.9. The van der Waals surface area contributed by atoms with Crippen molar-refractivity contribution in [2.24, 2.45) is 5.92 Å². The molecular weight excluding hydrogens is 298 g/mol. The second-order valence-electron chi connectivity index (χ2n) is 5.79. The molecule has 8 nitrogen and oxygen atoms in total. The lowest BCUT2D eigenvalue weighted by molar-refractivity contribution is -0.384. The van der Waals surface area contributed by atoms with Crippen LogP contribution in [-0.2, 0) is 0 Å². The molecular formula is C15H17N5O3. The van der Waals surface area contributed by atoms with E-state index in [9.17, 15) is 14.9 Å². The molecule has 0 N–H and O–H groups in total. The quantitative estimate of drug-likeness (QED) is 0.621. The van der Waals surface area contributed by atoms with Crippen LogP contribution >= 0.6 is 0 Å². The molecule has 1 saturated carbocycles. The average Bonchev–Trinajstić information content (AvgIpc) is 3.26. The molecule has 120 valence electrons. The Hall–Kier alpha value is -2.77. The van der Waals surface area contributed by atoms with Crippen LogP contribution in [0.5, 0.6) is 0 Å². The van der Waals surface area contributed by atoms with Crippen LogP contribution in [0.4, 0.5) is 5.69 Å². The summed E-state index contributed by atoms with van der Waals surface area (Å²) in [5.74, 6) is 0.325. The van der Waals surface area contributed by atoms with Crippen LogP contribution in [0.15, 0.2) is 30.9 Å². The highest BCUT2D eigenvalue weighted by Crippen LogP contribution is 2.35. The van der Waals surface area contributed by atoms with Gasteiger partial charge in [-0.2, -0.15) is 5.10 Å². The number of hydrogen-bond acceptors (Lipinski definition) is 5. The smallest absolute Gasteiger partial charge is 0.295 e. The molecule has 3 rings (SSSR count). The Balaban J connectivity index is 1.93. The minimum atomic E-state index is -0.516. The Morgan fingerprint density at radius 3 is 2.78 bits per heavy atom. The van der Waals surface area contributed by atoms with Gasteiger partial charge in [0.1, 0.15) is 18.3 Å². The fourth-order valence-corrected chi connectivity index (χ4v) is 2.61. The summed E-state index contributed by atoms with van der Waals surface area (Å²) < 4.78 is 1.31. The van der Waals surface area contributed by atoms with Gasteiger partial charge in [-0.25, -0.2) is 9.67 Å². The van der Waals surface area contributed by atoms with Crippen LogP contribution < -0.4 is 0 Å². The van der Waals surface area contributed by atoms with Gasteiger partial charge in [0.05, 0.1) is 4.92 Å². The van der Waals surface area contributed by atoms with E-state index in [4.69, 9.17) is 0 Å². The molecule has 1 atom stereocenters. The summed E-state index contributed by atoms with van der Waals surface area (Å²) in [5.41, 5.74) is 0.409. The second-order valence-corrected chi connectivity index (χ2v) is 5.79. The zero-order valence-electron chi connectivity index (χ0n) is 12.9. The second kappa shape index (κ2) is 5.79. The van der Waals surface area contributed by atoms with Crippen molar-refractivity contribution in [3.63, 3.8) is 0 Å². The van der Waals surface area contributed by atoms with Crippen LogP contribution in [0.2, 0.25) is 0 Å². The van der Waals surface area contributed by atoms with E-state index in [0.29, 0.717) is 11.5 Å². The minimum Gasteiger partial charge on any atom is -0.339 e. The lowest BCUT2D eigenvalue weighted by atomic mass is 10.1. The molecule has 0 bridgehead atoms.